The molecule has 0 amide bonds. The van der Waals surface area contributed by atoms with Crippen molar-refractivity contribution in [3.63, 3.8) is 0 Å². The summed E-state index contributed by atoms with van der Waals surface area (Å²) in [5, 5.41) is 3.37. The summed E-state index contributed by atoms with van der Waals surface area (Å²) in [6.07, 6.45) is 0. The van der Waals surface area contributed by atoms with Gasteiger partial charge in [0.15, 0.2) is 0 Å². The van der Waals surface area contributed by atoms with Crippen LogP contribution in [0.15, 0.2) is 64.4 Å². The molecule has 0 unspecified atom stereocenters. The Balaban J connectivity index is 2.11. The van der Waals surface area contributed by atoms with Gasteiger partial charge in [0.25, 0.3) is 0 Å². The lowest BCUT2D eigenvalue weighted by atomic mass is 10.2. The van der Waals surface area contributed by atoms with Gasteiger partial charge in [-0.2, -0.15) is 0 Å². The molecule has 3 aromatic rings. The van der Waals surface area contributed by atoms with Crippen molar-refractivity contribution < 1.29 is 0 Å². The van der Waals surface area contributed by atoms with Crippen molar-refractivity contribution in [1.82, 2.24) is 9.13 Å². The highest BCUT2D eigenvalue weighted by molar-refractivity contribution is 7.71. The summed E-state index contributed by atoms with van der Waals surface area (Å²) >= 11 is 5.65. The van der Waals surface area contributed by atoms with E-state index in [4.69, 9.17) is 22.9 Å². The molecule has 0 aliphatic carbocycles. The highest BCUT2D eigenvalue weighted by Gasteiger charge is 2.19. The van der Waals surface area contributed by atoms with Gasteiger partial charge in [-0.25, -0.2) is 4.79 Å². The van der Waals surface area contributed by atoms with Gasteiger partial charge in [0.05, 0.1) is 12.1 Å². The predicted octanol–water partition coefficient (Wildman–Crippen LogP) is 4.28. The fourth-order valence-electron chi connectivity index (χ4n) is 3.46. The standard InChI is InChI=1S/C25H32N6OS/c1-17(2)16-31-22(26)21(24(33)30(5)25(31)32)23(28-19-9-7-6-8-10-19)27-15-18-11-13-20(14-12-18)29(3)4/h6-14,17H,15-16,26H2,1-5H3,(H,27,28). The molecule has 3 N–H and O–H groups in total. The van der Waals surface area contributed by atoms with Crippen LogP contribution in [0.5, 0.6) is 0 Å². The quantitative estimate of drug-likeness (QED) is 0.310. The monoisotopic (exact) mass is 464 g/mol. The lowest BCUT2D eigenvalue weighted by Gasteiger charge is -2.19. The number of anilines is 3. The molecular weight excluding hydrogens is 432 g/mol. The Kier molecular flexibility index (Phi) is 7.71. The first-order valence-electron chi connectivity index (χ1n) is 10.9. The molecule has 0 spiro atoms. The Morgan fingerprint density at radius 2 is 1.76 bits per heavy atom. The van der Waals surface area contributed by atoms with E-state index in [0.717, 1.165) is 16.9 Å². The number of aliphatic imine (C=N–C) groups is 1. The predicted molar refractivity (Wildman–Crippen MR) is 141 cm³/mol. The normalized spacial score (nSPS) is 11.6. The van der Waals surface area contributed by atoms with Crippen LogP contribution in [0.2, 0.25) is 0 Å². The van der Waals surface area contributed by atoms with Gasteiger partial charge in [-0.3, -0.25) is 14.1 Å². The van der Waals surface area contributed by atoms with Crippen molar-refractivity contribution >= 4 is 35.2 Å². The number of rotatable bonds is 7. The summed E-state index contributed by atoms with van der Waals surface area (Å²) in [5.41, 5.74) is 9.90. The van der Waals surface area contributed by atoms with Crippen LogP contribution in [-0.2, 0) is 20.1 Å². The molecule has 0 aliphatic rings. The minimum atomic E-state index is -0.228. The molecule has 7 nitrogen and oxygen atoms in total. The van der Waals surface area contributed by atoms with Crippen molar-refractivity contribution in [3.8, 4) is 0 Å². The third-order valence-corrected chi connectivity index (χ3v) is 5.75. The summed E-state index contributed by atoms with van der Waals surface area (Å²) in [6.45, 7) is 5.01. The highest BCUT2D eigenvalue weighted by atomic mass is 32.1. The second-order valence-electron chi connectivity index (χ2n) is 8.63. The summed E-state index contributed by atoms with van der Waals surface area (Å²) in [7, 11) is 5.69. The second-order valence-corrected chi connectivity index (χ2v) is 9.01. The second kappa shape index (κ2) is 10.5. The molecule has 0 radical (unpaired) electrons. The number of nitrogen functional groups attached to an aromatic ring is 1. The van der Waals surface area contributed by atoms with Gasteiger partial charge in [0.1, 0.15) is 16.3 Å². The molecule has 1 aromatic heterocycles. The van der Waals surface area contributed by atoms with E-state index in [1.807, 2.05) is 58.3 Å². The molecule has 0 saturated heterocycles. The van der Waals surface area contributed by atoms with Crippen LogP contribution in [0.25, 0.3) is 0 Å². The number of para-hydroxylation sites is 1. The number of nitrogens with two attached hydrogens (primary N) is 1. The Morgan fingerprint density at radius 1 is 1.12 bits per heavy atom. The first-order valence-corrected chi connectivity index (χ1v) is 11.3. The maximum absolute atomic E-state index is 12.9. The van der Waals surface area contributed by atoms with Gasteiger partial charge < -0.3 is 16.0 Å². The molecule has 8 heteroatoms. The van der Waals surface area contributed by atoms with Crippen LogP contribution in [0, 0.1) is 10.6 Å². The fraction of sp³-hybridized carbons (Fsp3) is 0.320. The van der Waals surface area contributed by atoms with Crippen LogP contribution in [0.3, 0.4) is 0 Å². The highest BCUT2D eigenvalue weighted by Crippen LogP contribution is 2.19. The third kappa shape index (κ3) is 5.70. The molecule has 0 saturated carbocycles. The van der Waals surface area contributed by atoms with E-state index in [0.29, 0.717) is 34.9 Å². The van der Waals surface area contributed by atoms with E-state index in [1.54, 1.807) is 11.6 Å². The summed E-state index contributed by atoms with van der Waals surface area (Å²) < 4.78 is 3.38. The first-order chi connectivity index (χ1) is 15.7. The molecule has 33 heavy (non-hydrogen) atoms. The lowest BCUT2D eigenvalue weighted by molar-refractivity contribution is 0.495. The van der Waals surface area contributed by atoms with Crippen LogP contribution < -0.4 is 21.6 Å². The zero-order valence-electron chi connectivity index (χ0n) is 19.9. The Morgan fingerprint density at radius 3 is 2.33 bits per heavy atom. The zero-order chi connectivity index (χ0) is 24.1. The first kappa shape index (κ1) is 24.3. The van der Waals surface area contributed by atoms with Gasteiger partial charge in [0, 0.05) is 39.1 Å². The van der Waals surface area contributed by atoms with Gasteiger partial charge in [-0.15, -0.1) is 0 Å². The van der Waals surface area contributed by atoms with Gasteiger partial charge in [-0.1, -0.05) is 56.4 Å². The third-order valence-electron chi connectivity index (χ3n) is 5.28. The van der Waals surface area contributed by atoms with E-state index in [1.165, 1.54) is 4.57 Å². The van der Waals surface area contributed by atoms with Crippen LogP contribution in [0.4, 0.5) is 17.2 Å². The van der Waals surface area contributed by atoms with Crippen LogP contribution >= 0.6 is 12.2 Å². The largest absolute Gasteiger partial charge is 0.384 e. The molecule has 1 heterocycles. The van der Waals surface area contributed by atoms with Gasteiger partial charge in [0.2, 0.25) is 0 Å². The summed E-state index contributed by atoms with van der Waals surface area (Å²) in [6, 6.07) is 18.0. The van der Waals surface area contributed by atoms with E-state index >= 15 is 0 Å². The summed E-state index contributed by atoms with van der Waals surface area (Å²) in [5.74, 6) is 1.10. The molecule has 174 valence electrons. The van der Waals surface area contributed by atoms with Crippen molar-refractivity contribution in [2.75, 3.05) is 30.0 Å². The van der Waals surface area contributed by atoms with Crippen molar-refractivity contribution in [2.45, 2.75) is 26.9 Å². The molecular formula is C25H32N6OS. The zero-order valence-corrected chi connectivity index (χ0v) is 20.7. The van der Waals surface area contributed by atoms with E-state index in [2.05, 4.69) is 34.5 Å². The number of benzene rings is 2. The smallest absolute Gasteiger partial charge is 0.330 e. The van der Waals surface area contributed by atoms with E-state index in [-0.39, 0.29) is 11.6 Å². The molecule has 0 fully saturated rings. The molecule has 0 atom stereocenters. The van der Waals surface area contributed by atoms with Crippen molar-refractivity contribution in [1.29, 1.82) is 0 Å². The number of hydrogen-bond acceptors (Lipinski definition) is 5. The van der Waals surface area contributed by atoms with E-state index in [9.17, 15) is 4.79 Å². The maximum atomic E-state index is 12.9. The molecule has 0 aliphatic heterocycles. The van der Waals surface area contributed by atoms with Gasteiger partial charge in [-0.05, 0) is 35.7 Å². The maximum Gasteiger partial charge on any atom is 0.330 e. The van der Waals surface area contributed by atoms with Crippen molar-refractivity contribution in [2.24, 2.45) is 18.0 Å². The number of hydrogen-bond donors (Lipinski definition) is 2. The minimum Gasteiger partial charge on any atom is -0.384 e. The topological polar surface area (TPSA) is 80.6 Å². The lowest BCUT2D eigenvalue weighted by Crippen LogP contribution is -2.36. The molecule has 2 aromatic carbocycles. The van der Waals surface area contributed by atoms with Crippen LogP contribution in [0.1, 0.15) is 25.0 Å². The Bertz CT molecular complexity index is 1240. The van der Waals surface area contributed by atoms with Crippen molar-refractivity contribution in [3.05, 3.63) is 80.8 Å². The molecule has 0 bridgehead atoms. The number of amidine groups is 1. The fourth-order valence-corrected chi connectivity index (χ4v) is 3.74. The Hall–Kier alpha value is -3.39. The summed E-state index contributed by atoms with van der Waals surface area (Å²) in [4.78, 5) is 19.8. The molecule has 3 rings (SSSR count). The number of nitrogens with zero attached hydrogens (tertiary/aromatic N) is 4. The number of aromatic nitrogens is 2. The van der Waals surface area contributed by atoms with Gasteiger partial charge >= 0.3 is 5.69 Å². The number of nitrogens with one attached hydrogen (secondary N) is 1. The average Bonchev–Trinajstić information content (AvgIpc) is 2.79. The SMILES string of the molecule is CC(C)Cn1c(N)c(C(=NCc2ccc(N(C)C)cc2)Nc2ccccc2)c(=S)n(C)c1=O. The van der Waals surface area contributed by atoms with E-state index < -0.39 is 0 Å². The minimum absolute atomic E-state index is 0.228. The Labute approximate surface area is 200 Å². The van der Waals surface area contributed by atoms with Crippen LogP contribution in [-0.4, -0.2) is 29.1 Å². The average molecular weight is 465 g/mol.